The minimum atomic E-state index is 0.334. The fourth-order valence-electron chi connectivity index (χ4n) is 2.07. The van der Waals surface area contributed by atoms with Crippen molar-refractivity contribution in [3.63, 3.8) is 0 Å². The molecule has 0 heterocycles. The van der Waals surface area contributed by atoms with Crippen LogP contribution in [0.3, 0.4) is 0 Å². The van der Waals surface area contributed by atoms with E-state index in [0.29, 0.717) is 11.7 Å². The Bertz CT molecular complexity index is 191. The Balaban J connectivity index is 2.53. The monoisotopic (exact) mass is 166 g/mol. The van der Waals surface area contributed by atoms with Gasteiger partial charge in [-0.15, -0.1) is 0 Å². The smallest absolute Gasteiger partial charge is 0.130 e. The van der Waals surface area contributed by atoms with Gasteiger partial charge in [-0.3, -0.25) is 0 Å². The number of allylic oxidation sites excluding steroid dienone is 2. The van der Waals surface area contributed by atoms with Crippen LogP contribution in [0.25, 0.3) is 0 Å². The molecule has 0 spiro atoms. The summed E-state index contributed by atoms with van der Waals surface area (Å²) in [5.74, 6) is 0.905. The maximum Gasteiger partial charge on any atom is 0.130 e. The van der Waals surface area contributed by atoms with Crippen molar-refractivity contribution in [1.29, 1.82) is 0 Å². The van der Waals surface area contributed by atoms with Gasteiger partial charge in [-0.1, -0.05) is 18.1 Å². The lowest BCUT2D eigenvalue weighted by atomic mass is 9.81. The highest BCUT2D eigenvalue weighted by Gasteiger charge is 2.18. The van der Waals surface area contributed by atoms with Gasteiger partial charge in [0.1, 0.15) is 5.78 Å². The molecule has 0 aromatic heterocycles. The van der Waals surface area contributed by atoms with E-state index in [9.17, 15) is 4.79 Å². The van der Waals surface area contributed by atoms with E-state index in [1.165, 1.54) is 31.3 Å². The first-order valence-corrected chi connectivity index (χ1v) is 4.88. The Morgan fingerprint density at radius 3 is 2.92 bits per heavy atom. The third-order valence-corrected chi connectivity index (χ3v) is 2.70. The topological polar surface area (TPSA) is 17.1 Å². The molecule has 0 N–H and O–H groups in total. The van der Waals surface area contributed by atoms with Gasteiger partial charge in [-0.25, -0.2) is 0 Å². The third-order valence-electron chi connectivity index (χ3n) is 2.70. The van der Waals surface area contributed by atoms with Gasteiger partial charge in [0.2, 0.25) is 0 Å². The molecule has 0 aromatic carbocycles. The molecule has 0 aromatic rings. The predicted molar refractivity (Wildman–Crippen MR) is 51.0 cm³/mol. The van der Waals surface area contributed by atoms with Crippen LogP contribution in [-0.2, 0) is 4.79 Å². The second-order valence-corrected chi connectivity index (χ2v) is 3.71. The van der Waals surface area contributed by atoms with E-state index < -0.39 is 0 Å². The molecule has 0 bridgehead atoms. The predicted octanol–water partition coefficient (Wildman–Crippen LogP) is 3.10. The Kier molecular flexibility index (Phi) is 3.51. The Morgan fingerprint density at radius 1 is 1.58 bits per heavy atom. The molecule has 1 aliphatic rings. The number of rotatable bonds is 2. The summed E-state index contributed by atoms with van der Waals surface area (Å²) in [6.45, 7) is 3.79. The Hall–Kier alpha value is -0.590. The average molecular weight is 166 g/mol. The molecule has 0 aliphatic heterocycles. The van der Waals surface area contributed by atoms with Gasteiger partial charge < -0.3 is 4.79 Å². The first kappa shape index (κ1) is 9.50. The summed E-state index contributed by atoms with van der Waals surface area (Å²) in [7, 11) is 0. The largest absolute Gasteiger partial charge is 0.300 e. The highest BCUT2D eigenvalue weighted by atomic mass is 16.1. The summed E-state index contributed by atoms with van der Waals surface area (Å²) in [6.07, 6.45) is 8.02. The molecule has 0 amide bonds. The highest BCUT2D eigenvalue weighted by Crippen LogP contribution is 2.31. The molecular formula is C11H18O. The SMILES string of the molecule is C/C=C1\CCCCC1CC(C)=O. The van der Waals surface area contributed by atoms with E-state index in [1.54, 1.807) is 6.92 Å². The molecule has 1 aliphatic carbocycles. The first-order chi connectivity index (χ1) is 5.74. The maximum atomic E-state index is 10.9. The number of hydrogen-bond acceptors (Lipinski definition) is 1. The first-order valence-electron chi connectivity index (χ1n) is 4.88. The zero-order valence-electron chi connectivity index (χ0n) is 8.10. The number of carbonyl (C=O) groups is 1. The van der Waals surface area contributed by atoms with Crippen LogP contribution in [-0.4, -0.2) is 5.78 Å². The molecule has 0 radical (unpaired) electrons. The number of carbonyl (C=O) groups excluding carboxylic acids is 1. The van der Waals surface area contributed by atoms with E-state index in [4.69, 9.17) is 0 Å². The fourth-order valence-corrected chi connectivity index (χ4v) is 2.07. The van der Waals surface area contributed by atoms with E-state index in [-0.39, 0.29) is 0 Å². The van der Waals surface area contributed by atoms with Gasteiger partial charge in [0.25, 0.3) is 0 Å². The standard InChI is InChI=1S/C11H18O/c1-3-10-6-4-5-7-11(10)8-9(2)12/h3,11H,4-8H2,1-2H3/b10-3+. The molecule has 1 atom stereocenters. The van der Waals surface area contributed by atoms with Crippen molar-refractivity contribution >= 4 is 5.78 Å². The van der Waals surface area contributed by atoms with E-state index in [1.807, 2.05) is 0 Å². The van der Waals surface area contributed by atoms with Crippen molar-refractivity contribution in [2.45, 2.75) is 46.0 Å². The van der Waals surface area contributed by atoms with E-state index >= 15 is 0 Å². The van der Waals surface area contributed by atoms with Crippen LogP contribution in [0, 0.1) is 5.92 Å². The van der Waals surface area contributed by atoms with Crippen molar-refractivity contribution in [3.8, 4) is 0 Å². The van der Waals surface area contributed by atoms with Crippen LogP contribution in [0.4, 0.5) is 0 Å². The van der Waals surface area contributed by atoms with E-state index in [0.717, 1.165) is 6.42 Å². The third kappa shape index (κ3) is 2.47. The molecule has 68 valence electrons. The van der Waals surface area contributed by atoms with Crippen molar-refractivity contribution in [3.05, 3.63) is 11.6 Å². The molecule has 1 unspecified atom stereocenters. The molecule has 1 heteroatoms. The quantitative estimate of drug-likeness (QED) is 0.576. The second kappa shape index (κ2) is 4.44. The van der Waals surface area contributed by atoms with Crippen LogP contribution in [0.1, 0.15) is 46.0 Å². The molecule has 1 fully saturated rings. The lowest BCUT2D eigenvalue weighted by Crippen LogP contribution is -2.13. The van der Waals surface area contributed by atoms with E-state index in [2.05, 4.69) is 13.0 Å². The van der Waals surface area contributed by atoms with Crippen molar-refractivity contribution in [2.75, 3.05) is 0 Å². The lowest BCUT2D eigenvalue weighted by molar-refractivity contribution is -0.117. The van der Waals surface area contributed by atoms with Crippen LogP contribution in [0.5, 0.6) is 0 Å². The molecule has 1 nitrogen and oxygen atoms in total. The Morgan fingerprint density at radius 2 is 2.33 bits per heavy atom. The summed E-state index contributed by atoms with van der Waals surface area (Å²) in [5.41, 5.74) is 1.51. The zero-order valence-corrected chi connectivity index (χ0v) is 8.10. The lowest BCUT2D eigenvalue weighted by Gasteiger charge is -2.24. The van der Waals surface area contributed by atoms with Crippen LogP contribution in [0.15, 0.2) is 11.6 Å². The average Bonchev–Trinajstić information content (AvgIpc) is 2.04. The summed E-state index contributed by atoms with van der Waals surface area (Å²) in [6, 6.07) is 0. The minimum absolute atomic E-state index is 0.334. The van der Waals surface area contributed by atoms with Gasteiger partial charge in [0.05, 0.1) is 0 Å². The number of ketones is 1. The van der Waals surface area contributed by atoms with Crippen LogP contribution >= 0.6 is 0 Å². The molecular weight excluding hydrogens is 148 g/mol. The molecule has 1 rings (SSSR count). The zero-order chi connectivity index (χ0) is 8.97. The maximum absolute atomic E-state index is 10.9. The number of hydrogen-bond donors (Lipinski definition) is 0. The molecule has 1 saturated carbocycles. The summed E-state index contributed by atoms with van der Waals surface area (Å²) in [5, 5.41) is 0. The highest BCUT2D eigenvalue weighted by molar-refractivity contribution is 5.76. The van der Waals surface area contributed by atoms with Gasteiger partial charge >= 0.3 is 0 Å². The van der Waals surface area contributed by atoms with Gasteiger partial charge in [-0.05, 0) is 39.0 Å². The fraction of sp³-hybridized carbons (Fsp3) is 0.727. The van der Waals surface area contributed by atoms with Gasteiger partial charge in [0.15, 0.2) is 0 Å². The second-order valence-electron chi connectivity index (χ2n) is 3.71. The normalized spacial score (nSPS) is 27.5. The van der Waals surface area contributed by atoms with Gasteiger partial charge in [-0.2, -0.15) is 0 Å². The minimum Gasteiger partial charge on any atom is -0.300 e. The summed E-state index contributed by atoms with van der Waals surface area (Å²) in [4.78, 5) is 10.9. The van der Waals surface area contributed by atoms with Crippen molar-refractivity contribution < 1.29 is 4.79 Å². The van der Waals surface area contributed by atoms with Gasteiger partial charge in [0, 0.05) is 6.42 Å². The summed E-state index contributed by atoms with van der Waals surface area (Å²) < 4.78 is 0. The van der Waals surface area contributed by atoms with Crippen LogP contribution in [0.2, 0.25) is 0 Å². The Labute approximate surface area is 74.9 Å². The molecule has 12 heavy (non-hydrogen) atoms. The van der Waals surface area contributed by atoms with Crippen LogP contribution < -0.4 is 0 Å². The molecule has 0 saturated heterocycles. The summed E-state index contributed by atoms with van der Waals surface area (Å²) >= 11 is 0. The number of Topliss-reactive ketones (excluding diaryl/α,β-unsaturated/α-hetero) is 1. The van der Waals surface area contributed by atoms with Crippen molar-refractivity contribution in [1.82, 2.24) is 0 Å². The van der Waals surface area contributed by atoms with Crippen molar-refractivity contribution in [2.24, 2.45) is 5.92 Å².